The molecule has 0 aliphatic carbocycles. The lowest BCUT2D eigenvalue weighted by atomic mass is 10.3. The molecular formula is C13H20N2O2. The first-order valence-corrected chi connectivity index (χ1v) is 5.93. The van der Waals surface area contributed by atoms with Crippen molar-refractivity contribution in [2.45, 2.75) is 19.8 Å². The Labute approximate surface area is 102 Å². The molecule has 0 aromatic heterocycles. The third-order valence-corrected chi connectivity index (χ3v) is 2.21. The Bertz CT molecular complexity index is 336. The lowest BCUT2D eigenvalue weighted by molar-refractivity contribution is -0.116. The first-order valence-electron chi connectivity index (χ1n) is 5.93. The third-order valence-electron chi connectivity index (χ3n) is 2.21. The summed E-state index contributed by atoms with van der Waals surface area (Å²) in [4.78, 5) is 11.4. The van der Waals surface area contributed by atoms with Gasteiger partial charge in [-0.25, -0.2) is 0 Å². The number of ether oxygens (including phenoxy) is 1. The van der Waals surface area contributed by atoms with Gasteiger partial charge in [0.05, 0.1) is 6.61 Å². The van der Waals surface area contributed by atoms with Gasteiger partial charge >= 0.3 is 0 Å². The van der Waals surface area contributed by atoms with Crippen molar-refractivity contribution >= 4 is 11.6 Å². The lowest BCUT2D eigenvalue weighted by Crippen LogP contribution is -2.18. The van der Waals surface area contributed by atoms with Crippen molar-refractivity contribution < 1.29 is 9.53 Å². The predicted molar refractivity (Wildman–Crippen MR) is 69.4 cm³/mol. The van der Waals surface area contributed by atoms with E-state index in [1.54, 1.807) is 0 Å². The molecule has 4 nitrogen and oxygen atoms in total. The zero-order valence-corrected chi connectivity index (χ0v) is 10.5. The van der Waals surface area contributed by atoms with Gasteiger partial charge in [-0.15, -0.1) is 0 Å². The Hall–Kier alpha value is -1.55. The van der Waals surface area contributed by atoms with E-state index < -0.39 is 0 Å². The summed E-state index contributed by atoms with van der Waals surface area (Å²) < 4.78 is 5.46. The molecule has 1 aromatic carbocycles. The second kappa shape index (κ2) is 7.68. The van der Waals surface area contributed by atoms with Crippen LogP contribution in [0.1, 0.15) is 19.8 Å². The van der Waals surface area contributed by atoms with Crippen LogP contribution in [0.15, 0.2) is 24.3 Å². The molecule has 0 radical (unpaired) electrons. The first kappa shape index (κ1) is 13.5. The van der Waals surface area contributed by atoms with Gasteiger partial charge < -0.3 is 15.4 Å². The molecule has 0 fully saturated rings. The average Bonchev–Trinajstić information content (AvgIpc) is 2.35. The highest BCUT2D eigenvalue weighted by molar-refractivity contribution is 5.90. The van der Waals surface area contributed by atoms with Crippen molar-refractivity contribution in [3.05, 3.63) is 24.3 Å². The lowest BCUT2D eigenvalue weighted by Gasteiger charge is -2.07. The molecule has 0 saturated carbocycles. The topological polar surface area (TPSA) is 50.4 Å². The van der Waals surface area contributed by atoms with Crippen LogP contribution in [0.25, 0.3) is 0 Å². The molecular weight excluding hydrogens is 216 g/mol. The second-order valence-electron chi connectivity index (χ2n) is 3.77. The maximum absolute atomic E-state index is 11.4. The predicted octanol–water partition coefficient (Wildman–Crippen LogP) is 2.02. The Morgan fingerprint density at radius 3 is 2.59 bits per heavy atom. The summed E-state index contributed by atoms with van der Waals surface area (Å²) in [5.74, 6) is 0.849. The summed E-state index contributed by atoms with van der Waals surface area (Å²) in [5.41, 5.74) is 0.801. The summed E-state index contributed by atoms with van der Waals surface area (Å²) in [6.45, 7) is 3.47. The van der Waals surface area contributed by atoms with Crippen LogP contribution in [-0.4, -0.2) is 26.1 Å². The molecule has 17 heavy (non-hydrogen) atoms. The second-order valence-corrected chi connectivity index (χ2v) is 3.77. The zero-order chi connectivity index (χ0) is 12.5. The minimum absolute atomic E-state index is 0.0153. The molecule has 0 unspecified atom stereocenters. The van der Waals surface area contributed by atoms with Gasteiger partial charge in [0.15, 0.2) is 0 Å². The summed E-state index contributed by atoms with van der Waals surface area (Å²) in [6.07, 6.45) is 1.47. The standard InChI is InChI=1S/C13H20N2O2/c1-3-10-17-12-6-4-11(5-7-12)15-13(16)8-9-14-2/h4-7,14H,3,8-10H2,1-2H3,(H,15,16). The quantitative estimate of drug-likeness (QED) is 0.761. The molecule has 94 valence electrons. The summed E-state index contributed by atoms with van der Waals surface area (Å²) in [7, 11) is 1.83. The van der Waals surface area contributed by atoms with Crippen LogP contribution in [-0.2, 0) is 4.79 Å². The SMILES string of the molecule is CCCOc1ccc(NC(=O)CCNC)cc1. The van der Waals surface area contributed by atoms with Crippen LogP contribution in [0.2, 0.25) is 0 Å². The number of amides is 1. The molecule has 0 aliphatic heterocycles. The minimum atomic E-state index is 0.0153. The van der Waals surface area contributed by atoms with E-state index in [9.17, 15) is 4.79 Å². The molecule has 4 heteroatoms. The van der Waals surface area contributed by atoms with Crippen molar-refractivity contribution in [2.24, 2.45) is 0 Å². The molecule has 2 N–H and O–H groups in total. The van der Waals surface area contributed by atoms with Crippen molar-refractivity contribution in [1.29, 1.82) is 0 Å². The van der Waals surface area contributed by atoms with Gasteiger partial charge in [-0.1, -0.05) is 6.92 Å². The summed E-state index contributed by atoms with van der Waals surface area (Å²) >= 11 is 0. The fourth-order valence-electron chi connectivity index (χ4n) is 1.32. The van der Waals surface area contributed by atoms with Crippen LogP contribution in [0.4, 0.5) is 5.69 Å². The van der Waals surface area contributed by atoms with Gasteiger partial charge in [-0.05, 0) is 37.7 Å². The maximum Gasteiger partial charge on any atom is 0.225 e. The van der Waals surface area contributed by atoms with Gasteiger partial charge in [0.2, 0.25) is 5.91 Å². The number of hydrogen-bond donors (Lipinski definition) is 2. The van der Waals surface area contributed by atoms with E-state index >= 15 is 0 Å². The van der Waals surface area contributed by atoms with Crippen molar-refractivity contribution in [1.82, 2.24) is 5.32 Å². The Balaban J connectivity index is 2.42. The van der Waals surface area contributed by atoms with Gasteiger partial charge in [0.25, 0.3) is 0 Å². The number of carbonyl (C=O) groups is 1. The molecule has 1 rings (SSSR count). The number of carbonyl (C=O) groups excluding carboxylic acids is 1. The number of hydrogen-bond acceptors (Lipinski definition) is 3. The number of benzene rings is 1. The fraction of sp³-hybridized carbons (Fsp3) is 0.462. The van der Waals surface area contributed by atoms with Crippen molar-refractivity contribution in [2.75, 3.05) is 25.5 Å². The Kier molecular flexibility index (Phi) is 6.10. The highest BCUT2D eigenvalue weighted by Gasteiger charge is 2.01. The smallest absolute Gasteiger partial charge is 0.225 e. The third kappa shape index (κ3) is 5.36. The molecule has 0 aliphatic rings. The van der Waals surface area contributed by atoms with Gasteiger partial charge in [0, 0.05) is 18.7 Å². The van der Waals surface area contributed by atoms with Gasteiger partial charge in [-0.3, -0.25) is 4.79 Å². The van der Waals surface area contributed by atoms with Crippen LogP contribution in [0.5, 0.6) is 5.75 Å². The Morgan fingerprint density at radius 1 is 1.29 bits per heavy atom. The van der Waals surface area contributed by atoms with E-state index in [1.807, 2.05) is 31.3 Å². The maximum atomic E-state index is 11.4. The minimum Gasteiger partial charge on any atom is -0.494 e. The summed E-state index contributed by atoms with van der Waals surface area (Å²) in [6, 6.07) is 7.43. The molecule has 1 aromatic rings. The Morgan fingerprint density at radius 2 is 2.00 bits per heavy atom. The fourth-order valence-corrected chi connectivity index (χ4v) is 1.32. The van der Waals surface area contributed by atoms with E-state index in [0.717, 1.165) is 17.9 Å². The van der Waals surface area contributed by atoms with Crippen LogP contribution < -0.4 is 15.4 Å². The normalized spacial score (nSPS) is 10.0. The van der Waals surface area contributed by atoms with E-state index in [1.165, 1.54) is 0 Å². The molecule has 1 amide bonds. The van der Waals surface area contributed by atoms with E-state index in [4.69, 9.17) is 4.74 Å². The van der Waals surface area contributed by atoms with Crippen LogP contribution in [0, 0.1) is 0 Å². The largest absolute Gasteiger partial charge is 0.494 e. The number of rotatable bonds is 7. The molecule has 0 atom stereocenters. The molecule has 0 bridgehead atoms. The van der Waals surface area contributed by atoms with Gasteiger partial charge in [-0.2, -0.15) is 0 Å². The summed E-state index contributed by atoms with van der Waals surface area (Å²) in [5, 5.41) is 5.76. The van der Waals surface area contributed by atoms with Crippen molar-refractivity contribution in [3.8, 4) is 5.75 Å². The van der Waals surface area contributed by atoms with E-state index in [2.05, 4.69) is 17.6 Å². The van der Waals surface area contributed by atoms with E-state index in [0.29, 0.717) is 19.6 Å². The van der Waals surface area contributed by atoms with E-state index in [-0.39, 0.29) is 5.91 Å². The molecule has 0 saturated heterocycles. The van der Waals surface area contributed by atoms with Crippen LogP contribution >= 0.6 is 0 Å². The number of anilines is 1. The monoisotopic (exact) mass is 236 g/mol. The van der Waals surface area contributed by atoms with Gasteiger partial charge in [0.1, 0.15) is 5.75 Å². The first-order chi connectivity index (χ1) is 8.26. The average molecular weight is 236 g/mol. The number of nitrogens with one attached hydrogen (secondary N) is 2. The molecule has 0 spiro atoms. The molecule has 0 heterocycles. The van der Waals surface area contributed by atoms with Crippen LogP contribution in [0.3, 0.4) is 0 Å². The highest BCUT2D eigenvalue weighted by Crippen LogP contribution is 2.15. The highest BCUT2D eigenvalue weighted by atomic mass is 16.5. The zero-order valence-electron chi connectivity index (χ0n) is 10.5. The van der Waals surface area contributed by atoms with Crippen molar-refractivity contribution in [3.63, 3.8) is 0 Å².